The van der Waals surface area contributed by atoms with Crippen LogP contribution in [0.15, 0.2) is 34.8 Å². The first-order valence-corrected chi connectivity index (χ1v) is 6.19. The Bertz CT molecular complexity index is 620. The number of pyridine rings is 1. The van der Waals surface area contributed by atoms with E-state index in [2.05, 4.69) is 27.0 Å². The predicted molar refractivity (Wildman–Crippen MR) is 72.1 cm³/mol. The largest absolute Gasteiger partial charge is 0.233 e. The molecule has 2 aromatic rings. The Morgan fingerprint density at radius 1 is 1.24 bits per heavy atom. The zero-order chi connectivity index (χ0) is 12.4. The SMILES string of the molecule is N#Cc1cc(Br)c(Cl)nc1-c1ccccc1Cl. The van der Waals surface area contributed by atoms with Crippen LogP contribution in [0.1, 0.15) is 5.56 Å². The van der Waals surface area contributed by atoms with Gasteiger partial charge in [-0.05, 0) is 28.1 Å². The zero-order valence-corrected chi connectivity index (χ0v) is 11.5. The molecule has 1 heterocycles. The molecule has 0 unspecified atom stereocenters. The summed E-state index contributed by atoms with van der Waals surface area (Å²) >= 11 is 15.2. The third kappa shape index (κ3) is 2.44. The van der Waals surface area contributed by atoms with Gasteiger partial charge in [0.25, 0.3) is 0 Å². The molecule has 17 heavy (non-hydrogen) atoms. The number of benzene rings is 1. The smallest absolute Gasteiger partial charge is 0.144 e. The van der Waals surface area contributed by atoms with Gasteiger partial charge in [-0.3, -0.25) is 0 Å². The van der Waals surface area contributed by atoms with E-state index in [4.69, 9.17) is 28.5 Å². The summed E-state index contributed by atoms with van der Waals surface area (Å²) in [7, 11) is 0. The molecule has 0 fully saturated rings. The summed E-state index contributed by atoms with van der Waals surface area (Å²) < 4.78 is 0.589. The van der Waals surface area contributed by atoms with E-state index in [9.17, 15) is 0 Å². The van der Waals surface area contributed by atoms with Crippen molar-refractivity contribution in [2.75, 3.05) is 0 Å². The topological polar surface area (TPSA) is 36.7 Å². The fourth-order valence-electron chi connectivity index (χ4n) is 1.41. The van der Waals surface area contributed by atoms with E-state index < -0.39 is 0 Å². The van der Waals surface area contributed by atoms with Gasteiger partial charge in [0, 0.05) is 5.56 Å². The lowest BCUT2D eigenvalue weighted by molar-refractivity contribution is 1.28. The number of hydrogen-bond acceptors (Lipinski definition) is 2. The maximum atomic E-state index is 9.09. The van der Waals surface area contributed by atoms with Gasteiger partial charge in [0.2, 0.25) is 0 Å². The van der Waals surface area contributed by atoms with Crippen LogP contribution < -0.4 is 0 Å². The molecule has 0 aliphatic heterocycles. The van der Waals surface area contributed by atoms with Crippen molar-refractivity contribution in [3.05, 3.63) is 50.5 Å². The molecule has 0 saturated heterocycles. The van der Waals surface area contributed by atoms with Gasteiger partial charge in [0.15, 0.2) is 0 Å². The highest BCUT2D eigenvalue weighted by Gasteiger charge is 2.13. The average molecular weight is 328 g/mol. The van der Waals surface area contributed by atoms with Crippen LogP contribution in [0.2, 0.25) is 10.2 Å². The van der Waals surface area contributed by atoms with Gasteiger partial charge in [0.05, 0.1) is 20.8 Å². The van der Waals surface area contributed by atoms with Crippen LogP contribution in [0.3, 0.4) is 0 Å². The molecule has 0 bridgehead atoms. The van der Waals surface area contributed by atoms with E-state index in [0.29, 0.717) is 31.5 Å². The summed E-state index contributed by atoms with van der Waals surface area (Å²) in [5, 5.41) is 9.93. The number of halogens is 3. The van der Waals surface area contributed by atoms with E-state index in [1.165, 1.54) is 0 Å². The Kier molecular flexibility index (Phi) is 3.68. The van der Waals surface area contributed by atoms with Crippen molar-refractivity contribution in [3.8, 4) is 17.3 Å². The molecule has 1 aromatic heterocycles. The van der Waals surface area contributed by atoms with Gasteiger partial charge in [-0.25, -0.2) is 4.98 Å². The van der Waals surface area contributed by atoms with E-state index >= 15 is 0 Å². The molecule has 2 nitrogen and oxygen atoms in total. The lowest BCUT2D eigenvalue weighted by atomic mass is 10.1. The van der Waals surface area contributed by atoms with Crippen LogP contribution in [0.5, 0.6) is 0 Å². The molecule has 0 amide bonds. The highest BCUT2D eigenvalue weighted by atomic mass is 79.9. The van der Waals surface area contributed by atoms with E-state index in [0.717, 1.165) is 0 Å². The number of aromatic nitrogens is 1. The van der Waals surface area contributed by atoms with Crippen LogP contribution in [0, 0.1) is 11.3 Å². The van der Waals surface area contributed by atoms with Crippen molar-refractivity contribution in [1.29, 1.82) is 5.26 Å². The van der Waals surface area contributed by atoms with Crippen LogP contribution in [-0.2, 0) is 0 Å². The highest BCUT2D eigenvalue weighted by molar-refractivity contribution is 9.10. The highest BCUT2D eigenvalue weighted by Crippen LogP contribution is 2.32. The van der Waals surface area contributed by atoms with Gasteiger partial charge in [0.1, 0.15) is 11.2 Å². The van der Waals surface area contributed by atoms with Crippen molar-refractivity contribution < 1.29 is 0 Å². The third-order valence-corrected chi connectivity index (χ3v) is 3.63. The van der Waals surface area contributed by atoms with Gasteiger partial charge >= 0.3 is 0 Å². The Morgan fingerprint density at radius 3 is 2.59 bits per heavy atom. The fraction of sp³-hybridized carbons (Fsp3) is 0. The van der Waals surface area contributed by atoms with Gasteiger partial charge in [-0.1, -0.05) is 41.4 Å². The molecule has 0 N–H and O–H groups in total. The van der Waals surface area contributed by atoms with E-state index in [-0.39, 0.29) is 0 Å². The molecule has 0 aliphatic rings. The maximum Gasteiger partial charge on any atom is 0.144 e. The number of hydrogen-bond donors (Lipinski definition) is 0. The van der Waals surface area contributed by atoms with Crippen LogP contribution in [-0.4, -0.2) is 4.98 Å². The van der Waals surface area contributed by atoms with Crippen molar-refractivity contribution in [2.45, 2.75) is 0 Å². The molecular formula is C12H5BrCl2N2. The minimum absolute atomic E-state index is 0.305. The quantitative estimate of drug-likeness (QED) is 0.712. The Labute approximate surface area is 117 Å². The normalized spacial score (nSPS) is 10.0. The second-order valence-electron chi connectivity index (χ2n) is 3.25. The summed E-state index contributed by atoms with van der Waals surface area (Å²) in [6, 6.07) is 10.9. The van der Waals surface area contributed by atoms with Crippen LogP contribution in [0.4, 0.5) is 0 Å². The van der Waals surface area contributed by atoms with Gasteiger partial charge < -0.3 is 0 Å². The second kappa shape index (κ2) is 5.05. The number of nitrogens with zero attached hydrogens (tertiary/aromatic N) is 2. The van der Waals surface area contributed by atoms with Crippen LogP contribution >= 0.6 is 39.1 Å². The first-order chi connectivity index (χ1) is 8.13. The molecule has 0 saturated carbocycles. The minimum Gasteiger partial charge on any atom is -0.233 e. The van der Waals surface area contributed by atoms with Gasteiger partial charge in [-0.15, -0.1) is 0 Å². The molecule has 0 atom stereocenters. The maximum absolute atomic E-state index is 9.09. The van der Waals surface area contributed by atoms with Gasteiger partial charge in [-0.2, -0.15) is 5.26 Å². The molecule has 2 rings (SSSR count). The van der Waals surface area contributed by atoms with E-state index in [1.54, 1.807) is 18.2 Å². The molecule has 5 heteroatoms. The summed E-state index contributed by atoms with van der Waals surface area (Å²) in [5.74, 6) is 0. The van der Waals surface area contributed by atoms with Crippen LogP contribution in [0.25, 0.3) is 11.3 Å². The molecular weight excluding hydrogens is 323 g/mol. The predicted octanol–water partition coefficient (Wildman–Crippen LogP) is 4.69. The van der Waals surface area contributed by atoms with E-state index in [1.807, 2.05) is 12.1 Å². The molecule has 0 radical (unpaired) electrons. The fourth-order valence-corrected chi connectivity index (χ4v) is 2.09. The molecule has 0 spiro atoms. The molecule has 84 valence electrons. The Balaban J connectivity index is 2.72. The van der Waals surface area contributed by atoms with Crippen molar-refractivity contribution >= 4 is 39.1 Å². The molecule has 0 aliphatic carbocycles. The second-order valence-corrected chi connectivity index (χ2v) is 4.87. The monoisotopic (exact) mass is 326 g/mol. The lowest BCUT2D eigenvalue weighted by Crippen LogP contribution is -1.91. The minimum atomic E-state index is 0.305. The number of nitriles is 1. The third-order valence-electron chi connectivity index (χ3n) is 2.18. The first-order valence-electron chi connectivity index (χ1n) is 4.64. The van der Waals surface area contributed by atoms with Crippen molar-refractivity contribution in [3.63, 3.8) is 0 Å². The van der Waals surface area contributed by atoms with Crippen molar-refractivity contribution in [1.82, 2.24) is 4.98 Å². The molecule has 1 aromatic carbocycles. The zero-order valence-electron chi connectivity index (χ0n) is 8.42. The Morgan fingerprint density at radius 2 is 1.94 bits per heavy atom. The number of rotatable bonds is 1. The van der Waals surface area contributed by atoms with Crippen molar-refractivity contribution in [2.24, 2.45) is 0 Å². The lowest BCUT2D eigenvalue weighted by Gasteiger charge is -2.07. The summed E-state index contributed by atoms with van der Waals surface area (Å²) in [6.07, 6.45) is 0. The summed E-state index contributed by atoms with van der Waals surface area (Å²) in [6.45, 7) is 0. The standard InChI is InChI=1S/C12H5BrCl2N2/c13-9-5-7(6-16)11(17-12(9)15)8-3-1-2-4-10(8)14/h1-5H. The average Bonchev–Trinajstić information content (AvgIpc) is 2.33. The summed E-state index contributed by atoms with van der Waals surface area (Å²) in [4.78, 5) is 4.19. The first kappa shape index (κ1) is 12.4. The Hall–Kier alpha value is -1.08. The summed E-state index contributed by atoms with van der Waals surface area (Å²) in [5.41, 5.74) is 1.61.